The molecule has 3 rings (SSSR count). The normalized spacial score (nSPS) is 18.4. The van der Waals surface area contributed by atoms with Crippen molar-refractivity contribution in [1.82, 2.24) is 5.32 Å². The predicted molar refractivity (Wildman–Crippen MR) is 85.0 cm³/mol. The minimum Gasteiger partial charge on any atom is -0.493 e. The van der Waals surface area contributed by atoms with Gasteiger partial charge in [0.25, 0.3) is 0 Å². The van der Waals surface area contributed by atoms with E-state index in [2.05, 4.69) is 11.4 Å². The van der Waals surface area contributed by atoms with Crippen LogP contribution in [0.15, 0.2) is 41.8 Å². The summed E-state index contributed by atoms with van der Waals surface area (Å²) in [4.78, 5) is 13.4. The van der Waals surface area contributed by atoms with Gasteiger partial charge < -0.3 is 10.1 Å². The Bertz CT molecular complexity index is 609. The maximum Gasteiger partial charge on any atom is 0.228 e. The second kappa shape index (κ2) is 6.31. The lowest BCUT2D eigenvalue weighted by atomic mass is 9.93. The lowest BCUT2D eigenvalue weighted by Gasteiger charge is -2.26. The summed E-state index contributed by atoms with van der Waals surface area (Å²) in [6, 6.07) is 12.1. The van der Waals surface area contributed by atoms with Crippen molar-refractivity contribution in [1.29, 1.82) is 0 Å². The van der Waals surface area contributed by atoms with Crippen LogP contribution in [-0.4, -0.2) is 19.1 Å². The molecule has 3 nitrogen and oxygen atoms in total. The number of amides is 1. The molecule has 1 amide bonds. The highest BCUT2D eigenvalue weighted by molar-refractivity contribution is 7.10. The first-order chi connectivity index (χ1) is 10.3. The van der Waals surface area contributed by atoms with Crippen LogP contribution in [0.3, 0.4) is 0 Å². The van der Waals surface area contributed by atoms with Crippen LogP contribution in [0.2, 0.25) is 0 Å². The molecule has 0 spiro atoms. The van der Waals surface area contributed by atoms with E-state index in [9.17, 15) is 4.79 Å². The first kappa shape index (κ1) is 14.1. The van der Waals surface area contributed by atoms with Gasteiger partial charge in [0.1, 0.15) is 5.75 Å². The van der Waals surface area contributed by atoms with E-state index >= 15 is 0 Å². The summed E-state index contributed by atoms with van der Waals surface area (Å²) >= 11 is 1.63. The lowest BCUT2D eigenvalue weighted by molar-refractivity contribution is -0.122. The SMILES string of the molecule is C[C@H](C(=O)NC[C@H]1CCOc2ccccc21)c1cccs1. The van der Waals surface area contributed by atoms with Crippen LogP contribution >= 0.6 is 11.3 Å². The van der Waals surface area contributed by atoms with Crippen LogP contribution in [-0.2, 0) is 4.79 Å². The number of nitrogens with one attached hydrogen (secondary N) is 1. The molecule has 1 aliphatic heterocycles. The molecule has 0 bridgehead atoms. The Morgan fingerprint density at radius 1 is 1.38 bits per heavy atom. The first-order valence-electron chi connectivity index (χ1n) is 7.28. The molecule has 2 heterocycles. The van der Waals surface area contributed by atoms with Crippen LogP contribution in [0.4, 0.5) is 0 Å². The zero-order valence-electron chi connectivity index (χ0n) is 12.0. The average molecular weight is 301 g/mol. The summed E-state index contributed by atoms with van der Waals surface area (Å²) in [7, 11) is 0. The van der Waals surface area contributed by atoms with E-state index in [1.165, 1.54) is 5.56 Å². The van der Waals surface area contributed by atoms with Crippen molar-refractivity contribution < 1.29 is 9.53 Å². The van der Waals surface area contributed by atoms with Crippen LogP contribution in [0.5, 0.6) is 5.75 Å². The van der Waals surface area contributed by atoms with Gasteiger partial charge >= 0.3 is 0 Å². The molecular formula is C17H19NO2S. The molecule has 2 atom stereocenters. The number of para-hydroxylation sites is 1. The van der Waals surface area contributed by atoms with Gasteiger partial charge in [-0.25, -0.2) is 0 Å². The van der Waals surface area contributed by atoms with Gasteiger partial charge in [-0.05, 0) is 36.4 Å². The highest BCUT2D eigenvalue weighted by Crippen LogP contribution is 2.33. The highest BCUT2D eigenvalue weighted by atomic mass is 32.1. The number of carbonyl (C=O) groups is 1. The van der Waals surface area contributed by atoms with Crippen molar-refractivity contribution in [2.75, 3.05) is 13.2 Å². The largest absolute Gasteiger partial charge is 0.493 e. The van der Waals surface area contributed by atoms with Crippen LogP contribution in [0.1, 0.15) is 35.6 Å². The molecule has 1 aromatic carbocycles. The van der Waals surface area contributed by atoms with Crippen molar-refractivity contribution in [2.45, 2.75) is 25.2 Å². The molecule has 0 radical (unpaired) electrons. The van der Waals surface area contributed by atoms with Crippen molar-refractivity contribution >= 4 is 17.2 Å². The second-order valence-corrected chi connectivity index (χ2v) is 6.33. The molecule has 0 saturated heterocycles. The third kappa shape index (κ3) is 3.10. The van der Waals surface area contributed by atoms with Gasteiger partial charge in [-0.15, -0.1) is 11.3 Å². The molecule has 21 heavy (non-hydrogen) atoms. The van der Waals surface area contributed by atoms with Crippen molar-refractivity contribution in [3.05, 3.63) is 52.2 Å². The van der Waals surface area contributed by atoms with Crippen molar-refractivity contribution in [3.8, 4) is 5.75 Å². The van der Waals surface area contributed by atoms with Crippen molar-refractivity contribution in [2.24, 2.45) is 0 Å². The summed E-state index contributed by atoms with van der Waals surface area (Å²) < 4.78 is 5.66. The molecule has 0 unspecified atom stereocenters. The number of fused-ring (bicyclic) bond motifs is 1. The second-order valence-electron chi connectivity index (χ2n) is 5.35. The summed E-state index contributed by atoms with van der Waals surface area (Å²) in [5.74, 6) is 1.31. The van der Waals surface area contributed by atoms with Crippen LogP contribution < -0.4 is 10.1 Å². The van der Waals surface area contributed by atoms with Crippen molar-refractivity contribution in [3.63, 3.8) is 0 Å². The smallest absolute Gasteiger partial charge is 0.228 e. The molecule has 2 aromatic rings. The monoisotopic (exact) mass is 301 g/mol. The standard InChI is InChI=1S/C17H19NO2S/c1-12(16-7-4-10-21-16)17(19)18-11-13-8-9-20-15-6-3-2-5-14(13)15/h2-7,10,12-13H,8-9,11H2,1H3,(H,18,19)/t12-,13+/m0/s1. The maximum absolute atomic E-state index is 12.3. The Morgan fingerprint density at radius 2 is 2.24 bits per heavy atom. The number of ether oxygens (including phenoxy) is 1. The zero-order chi connectivity index (χ0) is 14.7. The molecule has 0 saturated carbocycles. The fraction of sp³-hybridized carbons (Fsp3) is 0.353. The quantitative estimate of drug-likeness (QED) is 0.938. The topological polar surface area (TPSA) is 38.3 Å². The Labute approximate surface area is 129 Å². The first-order valence-corrected chi connectivity index (χ1v) is 8.16. The third-order valence-corrected chi connectivity index (χ3v) is 5.02. The molecule has 110 valence electrons. The lowest BCUT2D eigenvalue weighted by Crippen LogP contribution is -2.33. The molecule has 4 heteroatoms. The molecule has 1 aromatic heterocycles. The average Bonchev–Trinajstić information content (AvgIpc) is 3.06. The summed E-state index contributed by atoms with van der Waals surface area (Å²) in [5.41, 5.74) is 1.20. The van der Waals surface area contributed by atoms with Gasteiger partial charge in [-0.2, -0.15) is 0 Å². The van der Waals surface area contributed by atoms with Gasteiger partial charge in [0, 0.05) is 17.3 Å². The van der Waals surface area contributed by atoms with E-state index in [0.717, 1.165) is 23.7 Å². The Balaban J connectivity index is 1.62. The minimum absolute atomic E-state index is 0.0833. The highest BCUT2D eigenvalue weighted by Gasteiger charge is 2.23. The third-order valence-electron chi connectivity index (χ3n) is 3.97. The fourth-order valence-corrected chi connectivity index (χ4v) is 3.45. The van der Waals surface area contributed by atoms with Gasteiger partial charge in [0.2, 0.25) is 5.91 Å². The van der Waals surface area contributed by atoms with E-state index < -0.39 is 0 Å². The summed E-state index contributed by atoms with van der Waals surface area (Å²) in [6.45, 7) is 3.35. The van der Waals surface area contributed by atoms with Gasteiger partial charge in [-0.1, -0.05) is 24.3 Å². The summed E-state index contributed by atoms with van der Waals surface area (Å²) in [5, 5.41) is 5.10. The van der Waals surface area contributed by atoms with Gasteiger partial charge in [0.15, 0.2) is 0 Å². The van der Waals surface area contributed by atoms with E-state index in [1.807, 2.05) is 42.6 Å². The number of thiophene rings is 1. The van der Waals surface area contributed by atoms with E-state index in [0.29, 0.717) is 12.5 Å². The number of hydrogen-bond acceptors (Lipinski definition) is 3. The van der Waals surface area contributed by atoms with Gasteiger partial charge in [-0.3, -0.25) is 4.79 Å². The van der Waals surface area contributed by atoms with Crippen LogP contribution in [0, 0.1) is 0 Å². The van der Waals surface area contributed by atoms with Gasteiger partial charge in [0.05, 0.1) is 12.5 Å². The molecule has 1 aliphatic rings. The molecular weight excluding hydrogens is 282 g/mol. The Kier molecular flexibility index (Phi) is 4.25. The molecule has 1 N–H and O–H groups in total. The predicted octanol–water partition coefficient (Wildman–Crippen LogP) is 3.53. The van der Waals surface area contributed by atoms with E-state index in [1.54, 1.807) is 11.3 Å². The number of rotatable bonds is 4. The minimum atomic E-state index is -0.0833. The Hall–Kier alpha value is -1.81. The number of hydrogen-bond donors (Lipinski definition) is 1. The summed E-state index contributed by atoms with van der Waals surface area (Å²) in [6.07, 6.45) is 0.949. The Morgan fingerprint density at radius 3 is 3.05 bits per heavy atom. The molecule has 0 aliphatic carbocycles. The van der Waals surface area contributed by atoms with Crippen LogP contribution in [0.25, 0.3) is 0 Å². The molecule has 0 fully saturated rings. The number of carbonyl (C=O) groups excluding carboxylic acids is 1. The van der Waals surface area contributed by atoms with E-state index in [4.69, 9.17) is 4.74 Å². The van der Waals surface area contributed by atoms with E-state index in [-0.39, 0.29) is 11.8 Å². The zero-order valence-corrected chi connectivity index (χ0v) is 12.9. The fourth-order valence-electron chi connectivity index (χ4n) is 2.67. The number of benzene rings is 1. The maximum atomic E-state index is 12.3.